The maximum absolute atomic E-state index is 11.6. The van der Waals surface area contributed by atoms with Crippen molar-refractivity contribution in [1.29, 1.82) is 0 Å². The third-order valence-corrected chi connectivity index (χ3v) is 2.44. The Labute approximate surface area is 89.6 Å². The molecule has 0 saturated carbocycles. The van der Waals surface area contributed by atoms with Gasteiger partial charge < -0.3 is 4.74 Å². The van der Waals surface area contributed by atoms with Gasteiger partial charge in [-0.2, -0.15) is 0 Å². The van der Waals surface area contributed by atoms with E-state index >= 15 is 0 Å². The van der Waals surface area contributed by atoms with Crippen LogP contribution in [-0.2, 0) is 0 Å². The van der Waals surface area contributed by atoms with Gasteiger partial charge in [0.25, 0.3) is 5.91 Å². The Morgan fingerprint density at radius 3 is 2.47 bits per heavy atom. The molecule has 0 aromatic heterocycles. The molecule has 0 aliphatic heterocycles. The van der Waals surface area contributed by atoms with E-state index in [9.17, 15) is 4.79 Å². The molecule has 0 bridgehead atoms. The molecule has 1 amide bonds. The molecule has 0 atom stereocenters. The van der Waals surface area contributed by atoms with Gasteiger partial charge in [-0.25, -0.2) is 5.43 Å². The Hall–Kier alpha value is -1.55. The van der Waals surface area contributed by atoms with Crippen LogP contribution in [0, 0.1) is 13.8 Å². The standard InChI is InChI=1S/C11H16N2O2/c1-7-8(2)10(15-4)6-5-9(7)11(14)13-12-3/h5-6,12H,1-4H3,(H,13,14). The Morgan fingerprint density at radius 2 is 1.93 bits per heavy atom. The lowest BCUT2D eigenvalue weighted by molar-refractivity contribution is 0.0937. The zero-order valence-corrected chi connectivity index (χ0v) is 9.47. The second-order valence-corrected chi connectivity index (χ2v) is 3.27. The average Bonchev–Trinajstić information content (AvgIpc) is 2.22. The monoisotopic (exact) mass is 208 g/mol. The van der Waals surface area contributed by atoms with Crippen LogP contribution < -0.4 is 15.6 Å². The highest BCUT2D eigenvalue weighted by molar-refractivity contribution is 5.95. The van der Waals surface area contributed by atoms with Crippen molar-refractivity contribution >= 4 is 5.91 Å². The summed E-state index contributed by atoms with van der Waals surface area (Å²) < 4.78 is 5.17. The largest absolute Gasteiger partial charge is 0.496 e. The van der Waals surface area contributed by atoms with E-state index in [-0.39, 0.29) is 5.91 Å². The molecule has 0 heterocycles. The molecule has 0 saturated heterocycles. The maximum Gasteiger partial charge on any atom is 0.265 e. The quantitative estimate of drug-likeness (QED) is 0.733. The van der Waals surface area contributed by atoms with Crippen molar-refractivity contribution < 1.29 is 9.53 Å². The van der Waals surface area contributed by atoms with Crippen LogP contribution in [0.3, 0.4) is 0 Å². The molecule has 1 aromatic rings. The second kappa shape index (κ2) is 4.79. The molecule has 0 radical (unpaired) electrons. The summed E-state index contributed by atoms with van der Waals surface area (Å²) in [7, 11) is 3.28. The van der Waals surface area contributed by atoms with Crippen LogP contribution in [0.1, 0.15) is 21.5 Å². The zero-order chi connectivity index (χ0) is 11.4. The first-order valence-corrected chi connectivity index (χ1v) is 4.73. The number of carbonyl (C=O) groups excluding carboxylic acids is 1. The molecule has 4 heteroatoms. The van der Waals surface area contributed by atoms with Crippen molar-refractivity contribution in [1.82, 2.24) is 10.9 Å². The van der Waals surface area contributed by atoms with E-state index in [1.54, 1.807) is 26.3 Å². The minimum Gasteiger partial charge on any atom is -0.496 e. The topological polar surface area (TPSA) is 50.4 Å². The van der Waals surface area contributed by atoms with Gasteiger partial charge in [0.15, 0.2) is 0 Å². The lowest BCUT2D eigenvalue weighted by Gasteiger charge is -2.12. The van der Waals surface area contributed by atoms with Gasteiger partial charge in [-0.15, -0.1) is 0 Å². The van der Waals surface area contributed by atoms with Crippen molar-refractivity contribution in [2.45, 2.75) is 13.8 Å². The van der Waals surface area contributed by atoms with Crippen LogP contribution in [0.2, 0.25) is 0 Å². The fraction of sp³-hybridized carbons (Fsp3) is 0.364. The molecule has 15 heavy (non-hydrogen) atoms. The normalized spacial score (nSPS) is 9.87. The van der Waals surface area contributed by atoms with E-state index in [1.807, 2.05) is 13.8 Å². The lowest BCUT2D eigenvalue weighted by Crippen LogP contribution is -2.34. The Morgan fingerprint density at radius 1 is 1.27 bits per heavy atom. The van der Waals surface area contributed by atoms with E-state index in [4.69, 9.17) is 4.74 Å². The molecule has 2 N–H and O–H groups in total. The van der Waals surface area contributed by atoms with E-state index in [0.717, 1.165) is 16.9 Å². The number of hydrazine groups is 1. The van der Waals surface area contributed by atoms with Crippen molar-refractivity contribution in [2.24, 2.45) is 0 Å². The molecule has 0 fully saturated rings. The number of nitrogens with one attached hydrogen (secondary N) is 2. The maximum atomic E-state index is 11.6. The Balaban J connectivity index is 3.11. The van der Waals surface area contributed by atoms with Gasteiger partial charge in [0.1, 0.15) is 5.75 Å². The highest BCUT2D eigenvalue weighted by atomic mass is 16.5. The van der Waals surface area contributed by atoms with Gasteiger partial charge in [0.05, 0.1) is 7.11 Å². The van der Waals surface area contributed by atoms with E-state index < -0.39 is 0 Å². The molecular formula is C11H16N2O2. The van der Waals surface area contributed by atoms with Crippen LogP contribution >= 0.6 is 0 Å². The van der Waals surface area contributed by atoms with Gasteiger partial charge >= 0.3 is 0 Å². The molecule has 1 aromatic carbocycles. The Bertz CT molecular complexity index is 375. The van der Waals surface area contributed by atoms with E-state index in [2.05, 4.69) is 10.9 Å². The van der Waals surface area contributed by atoms with Gasteiger partial charge in [-0.3, -0.25) is 10.2 Å². The highest BCUT2D eigenvalue weighted by Crippen LogP contribution is 2.23. The van der Waals surface area contributed by atoms with Crippen LogP contribution in [0.25, 0.3) is 0 Å². The molecule has 4 nitrogen and oxygen atoms in total. The summed E-state index contributed by atoms with van der Waals surface area (Å²) >= 11 is 0. The third-order valence-electron chi connectivity index (χ3n) is 2.44. The first-order valence-electron chi connectivity index (χ1n) is 4.73. The fourth-order valence-electron chi connectivity index (χ4n) is 1.44. The van der Waals surface area contributed by atoms with Crippen molar-refractivity contribution in [3.05, 3.63) is 28.8 Å². The number of amides is 1. The number of hydrogen-bond donors (Lipinski definition) is 2. The number of hydrogen-bond acceptors (Lipinski definition) is 3. The summed E-state index contributed by atoms with van der Waals surface area (Å²) in [6.45, 7) is 3.84. The van der Waals surface area contributed by atoms with Gasteiger partial charge in [0.2, 0.25) is 0 Å². The summed E-state index contributed by atoms with van der Waals surface area (Å²) in [5.74, 6) is 0.661. The number of ether oxygens (including phenoxy) is 1. The minimum atomic E-state index is -0.138. The average molecular weight is 208 g/mol. The second-order valence-electron chi connectivity index (χ2n) is 3.27. The molecular weight excluding hydrogens is 192 g/mol. The van der Waals surface area contributed by atoms with Gasteiger partial charge in [0, 0.05) is 12.6 Å². The highest BCUT2D eigenvalue weighted by Gasteiger charge is 2.12. The predicted molar refractivity (Wildman–Crippen MR) is 59.0 cm³/mol. The van der Waals surface area contributed by atoms with E-state index in [0.29, 0.717) is 5.56 Å². The minimum absolute atomic E-state index is 0.138. The summed E-state index contributed by atoms with van der Waals surface area (Å²) in [5.41, 5.74) is 7.72. The van der Waals surface area contributed by atoms with Crippen LogP contribution in [0.4, 0.5) is 0 Å². The summed E-state index contributed by atoms with van der Waals surface area (Å²) in [6.07, 6.45) is 0. The third kappa shape index (κ3) is 2.27. The molecule has 82 valence electrons. The SMILES string of the molecule is CNNC(=O)c1ccc(OC)c(C)c1C. The molecule has 0 aliphatic rings. The number of carbonyl (C=O) groups is 1. The lowest BCUT2D eigenvalue weighted by atomic mass is 10.0. The molecule has 0 unspecified atom stereocenters. The zero-order valence-electron chi connectivity index (χ0n) is 9.47. The fourth-order valence-corrected chi connectivity index (χ4v) is 1.44. The molecule has 0 aliphatic carbocycles. The first kappa shape index (κ1) is 11.5. The summed E-state index contributed by atoms with van der Waals surface area (Å²) in [6, 6.07) is 3.56. The van der Waals surface area contributed by atoms with Crippen LogP contribution in [0.15, 0.2) is 12.1 Å². The van der Waals surface area contributed by atoms with Crippen LogP contribution in [-0.4, -0.2) is 20.1 Å². The number of rotatable bonds is 3. The van der Waals surface area contributed by atoms with Crippen LogP contribution in [0.5, 0.6) is 5.75 Å². The van der Waals surface area contributed by atoms with Crippen molar-refractivity contribution in [3.8, 4) is 5.75 Å². The Kier molecular flexibility index (Phi) is 3.68. The number of benzene rings is 1. The first-order chi connectivity index (χ1) is 7.11. The summed E-state index contributed by atoms with van der Waals surface area (Å²) in [5, 5.41) is 0. The molecule has 1 rings (SSSR count). The smallest absolute Gasteiger partial charge is 0.265 e. The number of methoxy groups -OCH3 is 1. The molecule has 0 spiro atoms. The van der Waals surface area contributed by atoms with Gasteiger partial charge in [-0.1, -0.05) is 0 Å². The summed E-state index contributed by atoms with van der Waals surface area (Å²) in [4.78, 5) is 11.6. The van der Waals surface area contributed by atoms with Crippen molar-refractivity contribution in [3.63, 3.8) is 0 Å². The van der Waals surface area contributed by atoms with Gasteiger partial charge in [-0.05, 0) is 37.1 Å². The van der Waals surface area contributed by atoms with Crippen molar-refractivity contribution in [2.75, 3.05) is 14.2 Å². The predicted octanol–water partition coefficient (Wildman–Crippen LogP) is 1.18. The van der Waals surface area contributed by atoms with E-state index in [1.165, 1.54) is 0 Å².